The van der Waals surface area contributed by atoms with Crippen LogP contribution in [0.2, 0.25) is 0 Å². The first-order valence-electron chi connectivity index (χ1n) is 5.94. The van der Waals surface area contributed by atoms with E-state index in [0.29, 0.717) is 5.75 Å². The minimum atomic E-state index is -4.00. The van der Waals surface area contributed by atoms with Gasteiger partial charge in [-0.15, -0.1) is 0 Å². The first kappa shape index (κ1) is 16.1. The zero-order valence-electron chi connectivity index (χ0n) is 10.1. The monoisotopic (exact) mass is 257 g/mol. The Balaban J connectivity index is 3.59. The molecule has 0 radical (unpaired) electrons. The van der Waals surface area contributed by atoms with Crippen molar-refractivity contribution in [3.8, 4) is 0 Å². The lowest BCUT2D eigenvalue weighted by molar-refractivity contribution is -0.134. The molecule has 0 N–H and O–H groups in total. The van der Waals surface area contributed by atoms with E-state index in [4.69, 9.17) is 0 Å². The van der Waals surface area contributed by atoms with E-state index in [1.807, 2.05) is 0 Å². The van der Waals surface area contributed by atoms with Gasteiger partial charge in [0.2, 0.25) is 0 Å². The summed E-state index contributed by atoms with van der Waals surface area (Å²) in [5, 5.41) is 0. The summed E-state index contributed by atoms with van der Waals surface area (Å²) in [4.78, 5) is 0. The topological polar surface area (TPSA) is 3.24 Å². The van der Waals surface area contributed by atoms with Gasteiger partial charge in [-0.2, -0.15) is 13.2 Å². The molecule has 0 saturated heterocycles. The molecule has 16 heavy (non-hydrogen) atoms. The summed E-state index contributed by atoms with van der Waals surface area (Å²) in [5.41, 5.74) is 0. The lowest BCUT2D eigenvalue weighted by Crippen LogP contribution is -2.19. The molecule has 0 amide bonds. The second-order valence-electron chi connectivity index (χ2n) is 3.83. The van der Waals surface area contributed by atoms with Gasteiger partial charge in [0.15, 0.2) is 0 Å². The van der Waals surface area contributed by atoms with Crippen molar-refractivity contribution >= 4 is 11.9 Å². The lowest BCUT2D eigenvalue weighted by Gasteiger charge is -2.20. The van der Waals surface area contributed by atoms with Gasteiger partial charge in [0.05, 0.1) is 0 Å². The highest BCUT2D eigenvalue weighted by molar-refractivity contribution is 7.97. The average molecular weight is 257 g/mol. The molecule has 0 atom stereocenters. The Morgan fingerprint density at radius 3 is 2.19 bits per heavy atom. The summed E-state index contributed by atoms with van der Waals surface area (Å²) in [7, 11) is 0. The van der Waals surface area contributed by atoms with Crippen LogP contribution in [0, 0.1) is 0 Å². The van der Waals surface area contributed by atoms with Gasteiger partial charge in [-0.25, -0.2) is 0 Å². The zero-order valence-corrected chi connectivity index (χ0v) is 11.0. The van der Waals surface area contributed by atoms with Crippen LogP contribution in [0.3, 0.4) is 0 Å². The molecule has 0 aromatic rings. The van der Waals surface area contributed by atoms with E-state index in [1.165, 1.54) is 0 Å². The van der Waals surface area contributed by atoms with Crippen molar-refractivity contribution in [2.45, 2.75) is 52.1 Å². The Kier molecular flexibility index (Phi) is 9.22. The van der Waals surface area contributed by atoms with Crippen LogP contribution in [0.25, 0.3) is 0 Å². The first-order valence-corrected chi connectivity index (χ1v) is 6.88. The van der Waals surface area contributed by atoms with E-state index < -0.39 is 12.6 Å². The summed E-state index contributed by atoms with van der Waals surface area (Å²) in [6.45, 7) is 6.17. The quantitative estimate of drug-likeness (QED) is 0.442. The van der Waals surface area contributed by atoms with Gasteiger partial charge in [-0.1, -0.05) is 32.2 Å². The number of rotatable bonds is 9. The second kappa shape index (κ2) is 9.16. The van der Waals surface area contributed by atoms with E-state index in [1.54, 1.807) is 11.9 Å². The van der Waals surface area contributed by atoms with Crippen molar-refractivity contribution in [3.63, 3.8) is 0 Å². The molecule has 0 rings (SSSR count). The molecule has 5 heteroatoms. The predicted octanol–water partition coefficient (Wildman–Crippen LogP) is 4.49. The van der Waals surface area contributed by atoms with E-state index >= 15 is 0 Å². The normalized spacial score (nSPS) is 12.4. The van der Waals surface area contributed by atoms with Crippen LogP contribution in [0.5, 0.6) is 0 Å². The number of nitrogens with zero attached hydrogens (tertiary/aromatic N) is 1. The molecular weight excluding hydrogens is 235 g/mol. The minimum absolute atomic E-state index is 0.223. The Morgan fingerprint density at radius 1 is 1.00 bits per heavy atom. The molecule has 0 aliphatic heterocycles. The van der Waals surface area contributed by atoms with E-state index in [0.717, 1.165) is 32.4 Å². The van der Waals surface area contributed by atoms with Gasteiger partial charge in [0, 0.05) is 25.3 Å². The molecule has 0 aliphatic rings. The Hall–Kier alpha value is 0.100. The van der Waals surface area contributed by atoms with E-state index in [2.05, 4.69) is 18.2 Å². The fourth-order valence-electron chi connectivity index (χ4n) is 1.29. The van der Waals surface area contributed by atoms with E-state index in [-0.39, 0.29) is 6.42 Å². The standard InChI is InChI=1S/C11H22F3NS/c1-3-5-9-15(8-4-2)16-10-6-7-11(12,13)14/h3-10H2,1-2H3. The molecule has 0 aromatic carbocycles. The summed E-state index contributed by atoms with van der Waals surface area (Å²) < 4.78 is 37.9. The van der Waals surface area contributed by atoms with Crippen LogP contribution < -0.4 is 0 Å². The van der Waals surface area contributed by atoms with Gasteiger partial charge in [-0.05, 0) is 19.3 Å². The van der Waals surface area contributed by atoms with Crippen LogP contribution in [-0.2, 0) is 0 Å². The number of halogens is 3. The predicted molar refractivity (Wildman–Crippen MR) is 64.5 cm³/mol. The zero-order chi connectivity index (χ0) is 12.4. The Bertz CT molecular complexity index is 162. The maximum atomic E-state index is 11.9. The van der Waals surface area contributed by atoms with E-state index in [9.17, 15) is 13.2 Å². The van der Waals surface area contributed by atoms with Gasteiger partial charge < -0.3 is 0 Å². The second-order valence-corrected chi connectivity index (χ2v) is 5.02. The van der Waals surface area contributed by atoms with Crippen LogP contribution in [0.1, 0.15) is 46.0 Å². The minimum Gasteiger partial charge on any atom is -0.251 e. The molecule has 0 aliphatic carbocycles. The highest BCUT2D eigenvalue weighted by atomic mass is 32.2. The smallest absolute Gasteiger partial charge is 0.251 e. The molecular formula is C11H22F3NS. The van der Waals surface area contributed by atoms with Gasteiger partial charge in [-0.3, -0.25) is 4.31 Å². The molecule has 0 aromatic heterocycles. The average Bonchev–Trinajstić information content (AvgIpc) is 2.19. The molecule has 0 bridgehead atoms. The van der Waals surface area contributed by atoms with Crippen LogP contribution in [0.4, 0.5) is 13.2 Å². The molecule has 0 heterocycles. The van der Waals surface area contributed by atoms with Crippen molar-refractivity contribution < 1.29 is 13.2 Å². The fraction of sp³-hybridized carbons (Fsp3) is 1.00. The van der Waals surface area contributed by atoms with Crippen LogP contribution >= 0.6 is 11.9 Å². The maximum Gasteiger partial charge on any atom is 0.389 e. The molecule has 98 valence electrons. The Labute approximate surface area is 101 Å². The largest absolute Gasteiger partial charge is 0.389 e. The maximum absolute atomic E-state index is 11.9. The third-order valence-electron chi connectivity index (χ3n) is 2.11. The van der Waals surface area contributed by atoms with Crippen molar-refractivity contribution in [2.75, 3.05) is 18.8 Å². The molecule has 0 fully saturated rings. The highest BCUT2D eigenvalue weighted by Gasteiger charge is 2.26. The molecule has 0 spiro atoms. The first-order chi connectivity index (χ1) is 7.49. The fourth-order valence-corrected chi connectivity index (χ4v) is 2.39. The van der Waals surface area contributed by atoms with Crippen molar-refractivity contribution in [1.29, 1.82) is 0 Å². The third kappa shape index (κ3) is 10.6. The summed E-state index contributed by atoms with van der Waals surface area (Å²) in [6, 6.07) is 0. The van der Waals surface area contributed by atoms with Crippen LogP contribution in [0.15, 0.2) is 0 Å². The van der Waals surface area contributed by atoms with Crippen LogP contribution in [-0.4, -0.2) is 29.3 Å². The highest BCUT2D eigenvalue weighted by Crippen LogP contribution is 2.23. The number of alkyl halides is 3. The van der Waals surface area contributed by atoms with Gasteiger partial charge in [0.25, 0.3) is 0 Å². The number of hydrogen-bond donors (Lipinski definition) is 0. The molecule has 1 nitrogen and oxygen atoms in total. The van der Waals surface area contributed by atoms with Gasteiger partial charge in [0.1, 0.15) is 0 Å². The summed E-state index contributed by atoms with van der Waals surface area (Å²) in [6.07, 6.45) is -1.14. The van der Waals surface area contributed by atoms with Gasteiger partial charge >= 0.3 is 6.18 Å². The van der Waals surface area contributed by atoms with Crippen molar-refractivity contribution in [1.82, 2.24) is 4.31 Å². The molecule has 0 saturated carbocycles. The third-order valence-corrected chi connectivity index (χ3v) is 3.31. The lowest BCUT2D eigenvalue weighted by atomic mass is 10.3. The number of hydrogen-bond acceptors (Lipinski definition) is 2. The summed E-state index contributed by atoms with van der Waals surface area (Å²) in [5.74, 6) is 0.573. The Morgan fingerprint density at radius 2 is 1.69 bits per heavy atom. The van der Waals surface area contributed by atoms with Crippen molar-refractivity contribution in [2.24, 2.45) is 0 Å². The SMILES string of the molecule is CCCCN(CCC)SCCCC(F)(F)F. The molecule has 0 unspecified atom stereocenters. The number of unbranched alkanes of at least 4 members (excludes halogenated alkanes) is 1. The van der Waals surface area contributed by atoms with Crippen molar-refractivity contribution in [3.05, 3.63) is 0 Å². The summed E-state index contributed by atoms with van der Waals surface area (Å²) >= 11 is 1.56.